The van der Waals surface area contributed by atoms with E-state index in [0.717, 1.165) is 19.5 Å². The summed E-state index contributed by atoms with van der Waals surface area (Å²) < 4.78 is 10.3. The van der Waals surface area contributed by atoms with Gasteiger partial charge in [-0.15, -0.1) is 0 Å². The molecule has 1 aliphatic heterocycles. The molecule has 19 heavy (non-hydrogen) atoms. The molecule has 2 heterocycles. The van der Waals surface area contributed by atoms with Gasteiger partial charge in [-0.05, 0) is 25.9 Å². The number of methoxy groups -OCH3 is 2. The number of ether oxygens (including phenoxy) is 2. The second-order valence-corrected chi connectivity index (χ2v) is 4.65. The van der Waals surface area contributed by atoms with E-state index in [2.05, 4.69) is 27.1 Å². The number of piperidine rings is 1. The molecule has 1 aromatic heterocycles. The summed E-state index contributed by atoms with van der Waals surface area (Å²) >= 11 is 0. The van der Waals surface area contributed by atoms with E-state index in [1.165, 1.54) is 13.0 Å². The van der Waals surface area contributed by atoms with Crippen LogP contribution in [0.3, 0.4) is 0 Å². The quantitative estimate of drug-likeness (QED) is 0.869. The molecule has 1 fully saturated rings. The Morgan fingerprint density at radius 2 is 2.00 bits per heavy atom. The second-order valence-electron chi connectivity index (χ2n) is 4.65. The largest absolute Gasteiger partial charge is 0.481 e. The van der Waals surface area contributed by atoms with Gasteiger partial charge in [0.25, 0.3) is 0 Å². The van der Waals surface area contributed by atoms with Gasteiger partial charge in [0.05, 0.1) is 20.3 Å². The number of nitrogens with one attached hydrogen (secondary N) is 1. The van der Waals surface area contributed by atoms with E-state index >= 15 is 0 Å². The van der Waals surface area contributed by atoms with Crippen LogP contribution in [0.5, 0.6) is 11.8 Å². The predicted octanol–water partition coefficient (Wildman–Crippen LogP) is 1.39. The topological polar surface area (TPSA) is 59.5 Å². The normalized spacial score (nSPS) is 20.1. The lowest BCUT2D eigenvalue weighted by atomic mass is 10.1. The number of likely N-dealkylation sites (tertiary alicyclic amines) is 1. The van der Waals surface area contributed by atoms with E-state index < -0.39 is 0 Å². The summed E-state index contributed by atoms with van der Waals surface area (Å²) in [4.78, 5) is 11.0. The Morgan fingerprint density at radius 1 is 1.32 bits per heavy atom. The smallest absolute Gasteiger partial charge is 0.229 e. The molecule has 106 valence electrons. The van der Waals surface area contributed by atoms with Crippen LogP contribution in [-0.4, -0.2) is 54.8 Å². The minimum atomic E-state index is 0.380. The molecule has 1 saturated heterocycles. The lowest BCUT2D eigenvalue weighted by molar-refractivity contribution is 0.226. The van der Waals surface area contributed by atoms with Crippen LogP contribution in [0.1, 0.15) is 19.8 Å². The molecule has 6 heteroatoms. The van der Waals surface area contributed by atoms with Gasteiger partial charge in [-0.25, -0.2) is 0 Å². The Hall–Kier alpha value is -1.56. The number of hydrogen-bond acceptors (Lipinski definition) is 6. The summed E-state index contributed by atoms with van der Waals surface area (Å²) in [5.74, 6) is 1.59. The van der Waals surface area contributed by atoms with Gasteiger partial charge in [0.15, 0.2) is 0 Å². The third-order valence-corrected chi connectivity index (χ3v) is 3.38. The zero-order chi connectivity index (χ0) is 13.7. The van der Waals surface area contributed by atoms with Crippen molar-refractivity contribution in [3.63, 3.8) is 0 Å². The standard InChI is InChI=1S/C13H22N4O2/c1-4-17-7-5-6-10(9-17)14-13-15-11(18-2)8-12(16-13)19-3/h8,10H,4-7,9H2,1-3H3,(H,14,15,16). The summed E-state index contributed by atoms with van der Waals surface area (Å²) in [5, 5.41) is 3.37. The zero-order valence-corrected chi connectivity index (χ0v) is 11.8. The van der Waals surface area contributed by atoms with Gasteiger partial charge < -0.3 is 19.7 Å². The van der Waals surface area contributed by atoms with Crippen LogP contribution in [0.2, 0.25) is 0 Å². The Bertz CT molecular complexity index is 391. The molecule has 0 amide bonds. The minimum Gasteiger partial charge on any atom is -0.481 e. The molecule has 0 radical (unpaired) electrons. The first-order valence-corrected chi connectivity index (χ1v) is 6.71. The fourth-order valence-corrected chi connectivity index (χ4v) is 2.32. The number of anilines is 1. The highest BCUT2D eigenvalue weighted by atomic mass is 16.5. The number of likely N-dealkylation sites (N-methyl/N-ethyl adjacent to an activating group) is 1. The van der Waals surface area contributed by atoms with E-state index in [0.29, 0.717) is 23.8 Å². The lowest BCUT2D eigenvalue weighted by Crippen LogP contribution is -2.42. The summed E-state index contributed by atoms with van der Waals surface area (Å²) in [6.45, 7) is 5.48. The molecule has 0 spiro atoms. The summed E-state index contributed by atoms with van der Waals surface area (Å²) in [6, 6.07) is 2.05. The highest BCUT2D eigenvalue weighted by Gasteiger charge is 2.19. The van der Waals surface area contributed by atoms with Gasteiger partial charge in [0.2, 0.25) is 17.7 Å². The molecule has 0 aliphatic carbocycles. The maximum atomic E-state index is 5.15. The van der Waals surface area contributed by atoms with Gasteiger partial charge in [0, 0.05) is 12.6 Å². The van der Waals surface area contributed by atoms with Gasteiger partial charge in [0.1, 0.15) is 0 Å². The molecule has 1 aliphatic rings. The van der Waals surface area contributed by atoms with Crippen molar-refractivity contribution in [1.29, 1.82) is 0 Å². The third-order valence-electron chi connectivity index (χ3n) is 3.38. The molecular weight excluding hydrogens is 244 g/mol. The molecular formula is C13H22N4O2. The Kier molecular flexibility index (Phi) is 4.79. The fourth-order valence-electron chi connectivity index (χ4n) is 2.32. The van der Waals surface area contributed by atoms with Crippen LogP contribution in [0.15, 0.2) is 6.07 Å². The molecule has 1 aromatic rings. The van der Waals surface area contributed by atoms with E-state index in [9.17, 15) is 0 Å². The molecule has 1 N–H and O–H groups in total. The molecule has 0 aromatic carbocycles. The maximum Gasteiger partial charge on any atom is 0.229 e. The summed E-state index contributed by atoms with van der Waals surface area (Å²) in [5.41, 5.74) is 0. The first kappa shape index (κ1) is 13.9. The summed E-state index contributed by atoms with van der Waals surface area (Å²) in [6.07, 6.45) is 2.34. The number of hydrogen-bond donors (Lipinski definition) is 1. The first-order valence-electron chi connectivity index (χ1n) is 6.71. The van der Waals surface area contributed by atoms with Gasteiger partial charge >= 0.3 is 0 Å². The Morgan fingerprint density at radius 3 is 2.58 bits per heavy atom. The maximum absolute atomic E-state index is 5.15. The highest BCUT2D eigenvalue weighted by molar-refractivity contribution is 5.34. The molecule has 1 unspecified atom stereocenters. The van der Waals surface area contributed by atoms with Crippen molar-refractivity contribution < 1.29 is 9.47 Å². The van der Waals surface area contributed by atoms with Crippen molar-refractivity contribution in [2.24, 2.45) is 0 Å². The molecule has 2 rings (SSSR count). The van der Waals surface area contributed by atoms with Crippen LogP contribution >= 0.6 is 0 Å². The number of nitrogens with zero attached hydrogens (tertiary/aromatic N) is 3. The first-order chi connectivity index (χ1) is 9.25. The number of rotatable bonds is 5. The van der Waals surface area contributed by atoms with Crippen molar-refractivity contribution in [3.05, 3.63) is 6.07 Å². The summed E-state index contributed by atoms with van der Waals surface area (Å²) in [7, 11) is 3.18. The zero-order valence-electron chi connectivity index (χ0n) is 11.8. The van der Waals surface area contributed by atoms with E-state index in [-0.39, 0.29) is 0 Å². The van der Waals surface area contributed by atoms with Crippen molar-refractivity contribution in [2.45, 2.75) is 25.8 Å². The van der Waals surface area contributed by atoms with Gasteiger partial charge in [-0.2, -0.15) is 9.97 Å². The second kappa shape index (κ2) is 6.56. The van der Waals surface area contributed by atoms with E-state index in [4.69, 9.17) is 9.47 Å². The molecule has 6 nitrogen and oxygen atoms in total. The van der Waals surface area contributed by atoms with Gasteiger partial charge in [-0.3, -0.25) is 0 Å². The Balaban J connectivity index is 2.05. The van der Waals surface area contributed by atoms with Gasteiger partial charge in [-0.1, -0.05) is 6.92 Å². The minimum absolute atomic E-state index is 0.380. The van der Waals surface area contributed by atoms with Crippen molar-refractivity contribution in [1.82, 2.24) is 14.9 Å². The fraction of sp³-hybridized carbons (Fsp3) is 0.692. The molecule has 0 bridgehead atoms. The Labute approximate surface area is 114 Å². The van der Waals surface area contributed by atoms with Crippen LogP contribution in [0.25, 0.3) is 0 Å². The third kappa shape index (κ3) is 3.70. The number of aromatic nitrogens is 2. The average Bonchev–Trinajstić information content (AvgIpc) is 2.47. The van der Waals surface area contributed by atoms with Crippen molar-refractivity contribution in [2.75, 3.05) is 39.2 Å². The molecule has 1 atom stereocenters. The van der Waals surface area contributed by atoms with E-state index in [1.54, 1.807) is 20.3 Å². The average molecular weight is 266 g/mol. The van der Waals surface area contributed by atoms with Crippen LogP contribution in [0.4, 0.5) is 5.95 Å². The predicted molar refractivity (Wildman–Crippen MR) is 73.9 cm³/mol. The van der Waals surface area contributed by atoms with Crippen molar-refractivity contribution >= 4 is 5.95 Å². The SMILES string of the molecule is CCN1CCCC(Nc2nc(OC)cc(OC)n2)C1. The monoisotopic (exact) mass is 266 g/mol. The van der Waals surface area contributed by atoms with Crippen LogP contribution in [-0.2, 0) is 0 Å². The lowest BCUT2D eigenvalue weighted by Gasteiger charge is -2.32. The van der Waals surface area contributed by atoms with E-state index in [1.807, 2.05) is 0 Å². The van der Waals surface area contributed by atoms with Crippen LogP contribution < -0.4 is 14.8 Å². The molecule has 0 saturated carbocycles. The van der Waals surface area contributed by atoms with Crippen LogP contribution in [0, 0.1) is 0 Å². The van der Waals surface area contributed by atoms with Crippen molar-refractivity contribution in [3.8, 4) is 11.8 Å². The highest BCUT2D eigenvalue weighted by Crippen LogP contribution is 2.19.